The van der Waals surface area contributed by atoms with Crippen molar-refractivity contribution in [3.8, 4) is 0 Å². The number of hydrazone groups is 1. The third-order valence-electron chi connectivity index (χ3n) is 3.92. The normalized spacial score (nSPS) is 10.5. The molecule has 2 N–H and O–H groups in total. The average Bonchev–Trinajstić information content (AvgIpc) is 2.75. The highest BCUT2D eigenvalue weighted by atomic mass is 16.6. The number of carbonyl (C=O) groups is 2. The Morgan fingerprint density at radius 2 is 1.45 bits per heavy atom. The van der Waals surface area contributed by atoms with Gasteiger partial charge in [0.05, 0.1) is 11.1 Å². The fraction of sp³-hybridized carbons (Fsp3) is 0. The smallest absolute Gasteiger partial charge is 0.271 e. The molecule has 0 atom stereocenters. The maximum atomic E-state index is 12.1. The average molecular weight is 388 g/mol. The highest BCUT2D eigenvalue weighted by Gasteiger charge is 2.07. The van der Waals surface area contributed by atoms with Gasteiger partial charge in [0.1, 0.15) is 0 Å². The Balaban J connectivity index is 1.56. The summed E-state index contributed by atoms with van der Waals surface area (Å²) in [6.07, 6.45) is 1.38. The van der Waals surface area contributed by atoms with Crippen molar-refractivity contribution >= 4 is 29.4 Å². The number of nitro benzene ring substituents is 1. The van der Waals surface area contributed by atoms with E-state index in [-0.39, 0.29) is 11.6 Å². The lowest BCUT2D eigenvalue weighted by molar-refractivity contribution is -0.384. The third-order valence-corrected chi connectivity index (χ3v) is 3.92. The van der Waals surface area contributed by atoms with Crippen LogP contribution in [-0.4, -0.2) is 23.0 Å². The Morgan fingerprint density at radius 3 is 2.07 bits per heavy atom. The van der Waals surface area contributed by atoms with Crippen molar-refractivity contribution in [2.45, 2.75) is 0 Å². The molecule has 0 aliphatic rings. The van der Waals surface area contributed by atoms with Gasteiger partial charge in [-0.1, -0.05) is 18.2 Å². The van der Waals surface area contributed by atoms with Crippen molar-refractivity contribution in [1.82, 2.24) is 5.43 Å². The van der Waals surface area contributed by atoms with Gasteiger partial charge in [-0.2, -0.15) is 5.10 Å². The predicted octanol–water partition coefficient (Wildman–Crippen LogP) is 3.61. The zero-order chi connectivity index (χ0) is 20.6. The van der Waals surface area contributed by atoms with E-state index < -0.39 is 10.8 Å². The second kappa shape index (κ2) is 9.05. The highest BCUT2D eigenvalue weighted by Crippen LogP contribution is 2.12. The van der Waals surface area contributed by atoms with Crippen LogP contribution in [0.15, 0.2) is 84.0 Å². The molecule has 0 aromatic heterocycles. The van der Waals surface area contributed by atoms with Gasteiger partial charge in [0.2, 0.25) is 0 Å². The van der Waals surface area contributed by atoms with E-state index in [0.717, 1.165) is 0 Å². The first kappa shape index (κ1) is 19.4. The molecular formula is C21H16N4O4. The van der Waals surface area contributed by atoms with Crippen molar-refractivity contribution in [3.63, 3.8) is 0 Å². The second-order valence-electron chi connectivity index (χ2n) is 5.95. The van der Waals surface area contributed by atoms with Crippen LogP contribution in [0.3, 0.4) is 0 Å². The molecule has 0 aliphatic carbocycles. The highest BCUT2D eigenvalue weighted by molar-refractivity contribution is 6.04. The van der Waals surface area contributed by atoms with Crippen LogP contribution >= 0.6 is 0 Å². The summed E-state index contributed by atoms with van der Waals surface area (Å²) >= 11 is 0. The fourth-order valence-electron chi connectivity index (χ4n) is 2.41. The third kappa shape index (κ3) is 5.33. The van der Waals surface area contributed by atoms with E-state index in [4.69, 9.17) is 0 Å². The summed E-state index contributed by atoms with van der Waals surface area (Å²) < 4.78 is 0. The topological polar surface area (TPSA) is 114 Å². The molecule has 3 aromatic rings. The Kier molecular flexibility index (Phi) is 6.06. The number of hydrogen-bond acceptors (Lipinski definition) is 5. The van der Waals surface area contributed by atoms with Gasteiger partial charge in [0.15, 0.2) is 0 Å². The number of benzene rings is 3. The Hall–Kier alpha value is -4.33. The first-order valence-corrected chi connectivity index (χ1v) is 8.57. The zero-order valence-electron chi connectivity index (χ0n) is 15.1. The van der Waals surface area contributed by atoms with Gasteiger partial charge in [-0.05, 0) is 54.1 Å². The number of amides is 2. The van der Waals surface area contributed by atoms with Crippen LogP contribution in [0, 0.1) is 10.1 Å². The maximum Gasteiger partial charge on any atom is 0.271 e. The number of anilines is 1. The molecule has 29 heavy (non-hydrogen) atoms. The van der Waals surface area contributed by atoms with Gasteiger partial charge >= 0.3 is 0 Å². The second-order valence-corrected chi connectivity index (χ2v) is 5.95. The minimum Gasteiger partial charge on any atom is -0.322 e. The molecule has 0 heterocycles. The first-order chi connectivity index (χ1) is 14.0. The monoisotopic (exact) mass is 388 g/mol. The molecule has 0 aliphatic heterocycles. The zero-order valence-corrected chi connectivity index (χ0v) is 15.1. The summed E-state index contributed by atoms with van der Waals surface area (Å²) in [5.74, 6) is -0.667. The van der Waals surface area contributed by atoms with Crippen LogP contribution in [0.1, 0.15) is 26.3 Å². The van der Waals surface area contributed by atoms with Crippen LogP contribution in [-0.2, 0) is 0 Å². The molecule has 8 heteroatoms. The van der Waals surface area contributed by atoms with Crippen LogP contribution in [0.2, 0.25) is 0 Å². The van der Waals surface area contributed by atoms with E-state index in [2.05, 4.69) is 15.8 Å². The Labute approximate surface area is 166 Å². The van der Waals surface area contributed by atoms with Crippen molar-refractivity contribution in [1.29, 1.82) is 0 Å². The van der Waals surface area contributed by atoms with E-state index in [1.165, 1.54) is 30.5 Å². The molecule has 0 spiro atoms. The quantitative estimate of drug-likeness (QED) is 0.381. The molecule has 8 nitrogen and oxygen atoms in total. The van der Waals surface area contributed by atoms with E-state index >= 15 is 0 Å². The Morgan fingerprint density at radius 1 is 0.828 bits per heavy atom. The van der Waals surface area contributed by atoms with E-state index in [9.17, 15) is 19.7 Å². The molecular weight excluding hydrogens is 372 g/mol. The summed E-state index contributed by atoms with van der Waals surface area (Å²) in [4.78, 5) is 34.4. The molecule has 0 fully saturated rings. The van der Waals surface area contributed by atoms with Crippen LogP contribution in [0.25, 0.3) is 0 Å². The Bertz CT molecular complexity index is 1050. The van der Waals surface area contributed by atoms with E-state index in [1.54, 1.807) is 48.5 Å². The van der Waals surface area contributed by atoms with Gasteiger partial charge in [0.25, 0.3) is 17.5 Å². The summed E-state index contributed by atoms with van der Waals surface area (Å²) in [7, 11) is 0. The van der Waals surface area contributed by atoms with Crippen LogP contribution in [0.4, 0.5) is 11.4 Å². The largest absolute Gasteiger partial charge is 0.322 e. The summed E-state index contributed by atoms with van der Waals surface area (Å²) in [6.45, 7) is 0. The lowest BCUT2D eigenvalue weighted by atomic mass is 10.1. The molecule has 0 radical (unpaired) electrons. The number of carbonyl (C=O) groups excluding carboxylic acids is 2. The summed E-state index contributed by atoms with van der Waals surface area (Å²) in [6, 6.07) is 20.9. The number of rotatable bonds is 6. The van der Waals surface area contributed by atoms with Crippen molar-refractivity contribution < 1.29 is 14.5 Å². The summed E-state index contributed by atoms with van der Waals surface area (Å²) in [5.41, 5.74) is 4.43. The van der Waals surface area contributed by atoms with Crippen LogP contribution < -0.4 is 10.7 Å². The molecule has 0 saturated carbocycles. The molecule has 3 rings (SSSR count). The van der Waals surface area contributed by atoms with Crippen molar-refractivity contribution in [2.75, 3.05) is 5.32 Å². The lowest BCUT2D eigenvalue weighted by Gasteiger charge is -2.06. The van der Waals surface area contributed by atoms with E-state index in [0.29, 0.717) is 22.4 Å². The van der Waals surface area contributed by atoms with Crippen molar-refractivity contribution in [3.05, 3.63) is 106 Å². The number of nitrogens with one attached hydrogen (secondary N) is 2. The molecule has 0 bridgehead atoms. The predicted molar refractivity (Wildman–Crippen MR) is 109 cm³/mol. The van der Waals surface area contributed by atoms with Gasteiger partial charge in [-0.3, -0.25) is 19.7 Å². The van der Waals surface area contributed by atoms with Gasteiger partial charge in [0, 0.05) is 28.9 Å². The lowest BCUT2D eigenvalue weighted by Crippen LogP contribution is -2.17. The molecule has 2 amide bonds. The van der Waals surface area contributed by atoms with Gasteiger partial charge in [-0.25, -0.2) is 5.43 Å². The minimum atomic E-state index is -0.491. The number of non-ortho nitro benzene ring substituents is 1. The molecule has 144 valence electrons. The van der Waals surface area contributed by atoms with E-state index in [1.807, 2.05) is 6.07 Å². The fourth-order valence-corrected chi connectivity index (χ4v) is 2.41. The number of hydrogen-bond donors (Lipinski definition) is 2. The molecule has 0 saturated heterocycles. The summed E-state index contributed by atoms with van der Waals surface area (Å²) in [5, 5.41) is 17.2. The van der Waals surface area contributed by atoms with Crippen molar-refractivity contribution in [2.24, 2.45) is 5.10 Å². The van der Waals surface area contributed by atoms with Gasteiger partial charge in [-0.15, -0.1) is 0 Å². The number of nitro groups is 1. The maximum absolute atomic E-state index is 12.1. The van der Waals surface area contributed by atoms with Gasteiger partial charge < -0.3 is 5.32 Å². The standard InChI is InChI=1S/C21H16N4O4/c26-20(16-4-2-1-3-5-16)23-18-10-8-17(9-11-18)21(27)24-22-14-15-6-12-19(13-7-15)25(28)29/h1-14H,(H,23,26)(H,24,27)/b22-14+. The molecule has 3 aromatic carbocycles. The first-order valence-electron chi connectivity index (χ1n) is 8.57. The SMILES string of the molecule is O=C(N/N=C/c1ccc([N+](=O)[O-])cc1)c1ccc(NC(=O)c2ccccc2)cc1. The van der Waals surface area contributed by atoms with Crippen LogP contribution in [0.5, 0.6) is 0 Å². The number of nitrogens with zero attached hydrogens (tertiary/aromatic N) is 2. The molecule has 0 unspecified atom stereocenters. The minimum absolute atomic E-state index is 0.0226.